The number of nitrogen functional groups attached to an aromatic ring is 1. The van der Waals surface area contributed by atoms with Crippen molar-refractivity contribution in [2.75, 3.05) is 18.2 Å². The van der Waals surface area contributed by atoms with Crippen molar-refractivity contribution in [1.29, 1.82) is 0 Å². The molecule has 0 bridgehead atoms. The third kappa shape index (κ3) is 3.30. The highest BCUT2D eigenvalue weighted by Gasteiger charge is 2.13. The lowest BCUT2D eigenvalue weighted by Gasteiger charge is -2.11. The van der Waals surface area contributed by atoms with Crippen molar-refractivity contribution in [1.82, 2.24) is 20.2 Å². The van der Waals surface area contributed by atoms with E-state index in [0.29, 0.717) is 33.1 Å². The van der Waals surface area contributed by atoms with E-state index in [1.165, 1.54) is 0 Å². The summed E-state index contributed by atoms with van der Waals surface area (Å²) < 4.78 is 5.12. The van der Waals surface area contributed by atoms with Crippen molar-refractivity contribution in [2.24, 2.45) is 0 Å². The third-order valence-corrected chi connectivity index (χ3v) is 3.63. The molecule has 7 nitrogen and oxygen atoms in total. The Balaban J connectivity index is 1.96. The molecule has 0 aliphatic heterocycles. The van der Waals surface area contributed by atoms with E-state index < -0.39 is 0 Å². The van der Waals surface area contributed by atoms with Crippen LogP contribution in [0, 0.1) is 0 Å². The Morgan fingerprint density at radius 3 is 2.57 bits per heavy atom. The number of aromatic amines is 1. The van der Waals surface area contributed by atoms with E-state index >= 15 is 0 Å². The van der Waals surface area contributed by atoms with Gasteiger partial charge in [0, 0.05) is 23.5 Å². The number of H-pyrrole nitrogens is 1. The molecule has 118 valence electrons. The average Bonchev–Trinajstić information content (AvgIpc) is 2.92. The molecule has 0 spiro atoms. The fourth-order valence-electron chi connectivity index (χ4n) is 2.06. The molecule has 0 fully saturated rings. The van der Waals surface area contributed by atoms with Gasteiger partial charge in [0.25, 0.3) is 0 Å². The van der Waals surface area contributed by atoms with E-state index in [9.17, 15) is 0 Å². The molecule has 0 saturated heterocycles. The van der Waals surface area contributed by atoms with Gasteiger partial charge in [-0.1, -0.05) is 23.2 Å². The smallest absolute Gasteiger partial charge is 0.248 e. The van der Waals surface area contributed by atoms with Gasteiger partial charge in [-0.05, 0) is 23.8 Å². The van der Waals surface area contributed by atoms with Crippen LogP contribution >= 0.6 is 23.2 Å². The predicted octanol–water partition coefficient (Wildman–Crippen LogP) is 3.51. The van der Waals surface area contributed by atoms with Crippen molar-refractivity contribution < 1.29 is 4.74 Å². The zero-order valence-electron chi connectivity index (χ0n) is 12.0. The van der Waals surface area contributed by atoms with Crippen LogP contribution in [0.2, 0.25) is 10.0 Å². The lowest BCUT2D eigenvalue weighted by Crippen LogP contribution is -1.94. The van der Waals surface area contributed by atoms with Gasteiger partial charge in [0.15, 0.2) is 0 Å². The molecule has 2 aromatic heterocycles. The zero-order chi connectivity index (χ0) is 16.4. The summed E-state index contributed by atoms with van der Waals surface area (Å²) >= 11 is 12.8. The lowest BCUT2D eigenvalue weighted by molar-refractivity contribution is 0.398. The van der Waals surface area contributed by atoms with Gasteiger partial charge in [-0.25, -0.2) is 10.1 Å². The Bertz CT molecular complexity index is 828. The molecule has 0 aliphatic rings. The Morgan fingerprint density at radius 2 is 1.96 bits per heavy atom. The summed E-state index contributed by atoms with van der Waals surface area (Å²) in [6.07, 6.45) is 1.63. The van der Waals surface area contributed by atoms with Crippen molar-refractivity contribution in [3.63, 3.8) is 0 Å². The Morgan fingerprint density at radius 1 is 1.22 bits per heavy atom. The molecule has 0 saturated carbocycles. The van der Waals surface area contributed by atoms with Crippen LogP contribution in [0.4, 0.5) is 17.6 Å². The summed E-state index contributed by atoms with van der Waals surface area (Å²) in [5, 5.41) is 10.3. The van der Waals surface area contributed by atoms with Crippen molar-refractivity contribution in [3.05, 3.63) is 40.5 Å². The normalized spacial score (nSPS) is 10.6. The summed E-state index contributed by atoms with van der Waals surface area (Å²) in [6.45, 7) is 0. The maximum Gasteiger partial charge on any atom is 0.248 e. The van der Waals surface area contributed by atoms with E-state index in [4.69, 9.17) is 33.7 Å². The van der Waals surface area contributed by atoms with E-state index in [1.54, 1.807) is 37.6 Å². The summed E-state index contributed by atoms with van der Waals surface area (Å²) in [5.74, 6) is 1.02. The first-order valence-corrected chi connectivity index (χ1v) is 7.27. The number of pyridine rings is 1. The summed E-state index contributed by atoms with van der Waals surface area (Å²) in [6, 6.07) is 7.01. The molecule has 0 atom stereocenters. The Hall–Kier alpha value is -2.51. The Labute approximate surface area is 141 Å². The average molecular weight is 351 g/mol. The Kier molecular flexibility index (Phi) is 4.22. The number of halogens is 2. The molecule has 3 aromatic rings. The highest BCUT2D eigenvalue weighted by molar-refractivity contribution is 6.39. The molecule has 0 radical (unpaired) electrons. The molecule has 0 aliphatic carbocycles. The van der Waals surface area contributed by atoms with E-state index in [2.05, 4.69) is 25.5 Å². The van der Waals surface area contributed by atoms with Crippen LogP contribution in [-0.2, 0) is 0 Å². The number of hydrogen-bond donors (Lipinski definition) is 3. The number of anilines is 3. The second-order valence-electron chi connectivity index (χ2n) is 4.57. The summed E-state index contributed by atoms with van der Waals surface area (Å²) in [5.41, 5.74) is 7.62. The van der Waals surface area contributed by atoms with Gasteiger partial charge in [0.1, 0.15) is 0 Å². The van der Waals surface area contributed by atoms with Gasteiger partial charge in [0.05, 0.1) is 17.2 Å². The molecule has 9 heteroatoms. The second kappa shape index (κ2) is 6.31. The SMILES string of the molecule is COc1cc(-c2c(Cl)cc(Nc3n[nH]c(N)n3)cc2Cl)ccn1. The van der Waals surface area contributed by atoms with Gasteiger partial charge >= 0.3 is 0 Å². The third-order valence-electron chi connectivity index (χ3n) is 3.03. The largest absolute Gasteiger partial charge is 0.481 e. The molecular formula is C14H12Cl2N6O. The molecule has 0 unspecified atom stereocenters. The maximum atomic E-state index is 6.38. The van der Waals surface area contributed by atoms with Crippen molar-refractivity contribution >= 4 is 40.8 Å². The van der Waals surface area contributed by atoms with Crippen LogP contribution in [0.3, 0.4) is 0 Å². The van der Waals surface area contributed by atoms with Crippen LogP contribution < -0.4 is 15.8 Å². The maximum absolute atomic E-state index is 6.38. The second-order valence-corrected chi connectivity index (χ2v) is 5.39. The van der Waals surface area contributed by atoms with Gasteiger partial charge < -0.3 is 15.8 Å². The lowest BCUT2D eigenvalue weighted by atomic mass is 10.1. The number of rotatable bonds is 4. The van der Waals surface area contributed by atoms with Gasteiger partial charge in [-0.2, -0.15) is 4.98 Å². The topological polar surface area (TPSA) is 102 Å². The number of nitrogens with one attached hydrogen (secondary N) is 2. The van der Waals surface area contributed by atoms with Crippen LogP contribution in [0.25, 0.3) is 11.1 Å². The summed E-state index contributed by atoms with van der Waals surface area (Å²) in [7, 11) is 1.55. The number of nitrogens with two attached hydrogens (primary N) is 1. The zero-order valence-corrected chi connectivity index (χ0v) is 13.5. The number of ether oxygens (including phenoxy) is 1. The predicted molar refractivity (Wildman–Crippen MR) is 90.3 cm³/mol. The quantitative estimate of drug-likeness (QED) is 0.665. The number of methoxy groups -OCH3 is 1. The van der Waals surface area contributed by atoms with Gasteiger partial charge in [0.2, 0.25) is 17.8 Å². The first-order chi connectivity index (χ1) is 11.1. The fourth-order valence-corrected chi connectivity index (χ4v) is 2.76. The summed E-state index contributed by atoms with van der Waals surface area (Å²) in [4.78, 5) is 8.02. The fraction of sp³-hybridized carbons (Fsp3) is 0.0714. The molecule has 0 amide bonds. The van der Waals surface area contributed by atoms with Gasteiger partial charge in [-0.3, -0.25) is 0 Å². The van der Waals surface area contributed by atoms with Crippen LogP contribution in [0.1, 0.15) is 0 Å². The highest BCUT2D eigenvalue weighted by atomic mass is 35.5. The number of hydrogen-bond acceptors (Lipinski definition) is 6. The standard InChI is InChI=1S/C14H12Cl2N6O/c1-23-11-4-7(2-3-18-11)12-9(15)5-8(6-10(12)16)19-14-20-13(17)21-22-14/h2-6H,1H3,(H4,17,19,20,21,22). The molecule has 2 heterocycles. The van der Waals surface area contributed by atoms with E-state index in [1.807, 2.05) is 0 Å². The highest BCUT2D eigenvalue weighted by Crippen LogP contribution is 2.38. The minimum Gasteiger partial charge on any atom is -0.481 e. The van der Waals surface area contributed by atoms with Crippen molar-refractivity contribution in [3.8, 4) is 17.0 Å². The first kappa shape index (κ1) is 15.4. The molecular weight excluding hydrogens is 339 g/mol. The minimum atomic E-state index is 0.213. The number of aromatic nitrogens is 4. The van der Waals surface area contributed by atoms with E-state index in [0.717, 1.165) is 5.56 Å². The first-order valence-electron chi connectivity index (χ1n) is 6.51. The number of benzene rings is 1. The number of nitrogens with zero attached hydrogens (tertiary/aromatic N) is 3. The minimum absolute atomic E-state index is 0.213. The van der Waals surface area contributed by atoms with Gasteiger partial charge in [-0.15, -0.1) is 5.10 Å². The van der Waals surface area contributed by atoms with E-state index in [-0.39, 0.29) is 5.95 Å². The monoisotopic (exact) mass is 350 g/mol. The van der Waals surface area contributed by atoms with Crippen LogP contribution in [0.5, 0.6) is 5.88 Å². The van der Waals surface area contributed by atoms with Crippen LogP contribution in [-0.4, -0.2) is 27.3 Å². The van der Waals surface area contributed by atoms with Crippen molar-refractivity contribution in [2.45, 2.75) is 0 Å². The molecule has 23 heavy (non-hydrogen) atoms. The molecule has 3 rings (SSSR count). The molecule has 1 aromatic carbocycles. The molecule has 4 N–H and O–H groups in total. The van der Waals surface area contributed by atoms with Crippen LogP contribution in [0.15, 0.2) is 30.5 Å².